The number of anilines is 2. The first kappa shape index (κ1) is 16.1. The number of hydrogen-bond acceptors (Lipinski definition) is 6. The number of aromatic nitrogens is 1. The Labute approximate surface area is 129 Å². The Morgan fingerprint density at radius 3 is 2.77 bits per heavy atom. The molecule has 7 nitrogen and oxygen atoms in total. The number of esters is 1. The molecule has 1 aliphatic heterocycles. The molecule has 1 aromatic rings. The van der Waals surface area contributed by atoms with Crippen LogP contribution < -0.4 is 15.4 Å². The lowest BCUT2D eigenvalue weighted by Gasteiger charge is -2.36. The standard InChI is InChI=1S/C15H21N3O4/c1-4-9(15(20)21-6-3)18-13-11(7-8-12(16)17-13)22-10(5-2)14(18)19/h7-10H,4-6H2,1-3H3,(H2,16,17). The van der Waals surface area contributed by atoms with E-state index < -0.39 is 18.1 Å². The van der Waals surface area contributed by atoms with Gasteiger partial charge in [0.15, 0.2) is 17.7 Å². The molecule has 0 radical (unpaired) electrons. The molecule has 0 bridgehead atoms. The third-order valence-electron chi connectivity index (χ3n) is 3.50. The minimum absolute atomic E-state index is 0.252. The van der Waals surface area contributed by atoms with Crippen molar-refractivity contribution in [3.8, 4) is 5.75 Å². The molecule has 2 atom stereocenters. The van der Waals surface area contributed by atoms with Gasteiger partial charge in [0, 0.05) is 0 Å². The highest BCUT2D eigenvalue weighted by molar-refractivity contribution is 6.03. The van der Waals surface area contributed by atoms with Gasteiger partial charge in [-0.25, -0.2) is 9.78 Å². The van der Waals surface area contributed by atoms with Gasteiger partial charge in [-0.1, -0.05) is 13.8 Å². The van der Waals surface area contributed by atoms with Crippen LogP contribution in [0.4, 0.5) is 11.6 Å². The highest BCUT2D eigenvalue weighted by Crippen LogP contribution is 2.35. The molecular weight excluding hydrogens is 286 g/mol. The minimum Gasteiger partial charge on any atom is -0.477 e. The van der Waals surface area contributed by atoms with E-state index in [9.17, 15) is 9.59 Å². The topological polar surface area (TPSA) is 94.8 Å². The van der Waals surface area contributed by atoms with E-state index in [-0.39, 0.29) is 24.1 Å². The number of rotatable bonds is 5. The second-order valence-corrected chi connectivity index (χ2v) is 4.96. The number of nitrogens with two attached hydrogens (primary N) is 1. The first-order chi connectivity index (χ1) is 10.5. The van der Waals surface area contributed by atoms with Crippen LogP contribution in [-0.4, -0.2) is 35.6 Å². The quantitative estimate of drug-likeness (QED) is 0.829. The van der Waals surface area contributed by atoms with Gasteiger partial charge in [0.1, 0.15) is 11.9 Å². The van der Waals surface area contributed by atoms with Crippen LogP contribution in [0.15, 0.2) is 12.1 Å². The zero-order valence-electron chi connectivity index (χ0n) is 13.0. The second-order valence-electron chi connectivity index (χ2n) is 4.96. The zero-order chi connectivity index (χ0) is 16.3. The molecule has 0 aromatic carbocycles. The van der Waals surface area contributed by atoms with Crippen molar-refractivity contribution >= 4 is 23.5 Å². The van der Waals surface area contributed by atoms with Crippen molar-refractivity contribution in [3.63, 3.8) is 0 Å². The largest absolute Gasteiger partial charge is 0.477 e. The van der Waals surface area contributed by atoms with Crippen molar-refractivity contribution in [3.05, 3.63) is 12.1 Å². The van der Waals surface area contributed by atoms with Gasteiger partial charge in [-0.15, -0.1) is 0 Å². The summed E-state index contributed by atoms with van der Waals surface area (Å²) in [6, 6.07) is 2.53. The summed E-state index contributed by atoms with van der Waals surface area (Å²) in [7, 11) is 0. The van der Waals surface area contributed by atoms with E-state index in [2.05, 4.69) is 4.98 Å². The van der Waals surface area contributed by atoms with E-state index in [1.807, 2.05) is 13.8 Å². The summed E-state index contributed by atoms with van der Waals surface area (Å²) in [5.41, 5.74) is 5.71. The molecular formula is C15H21N3O4. The van der Waals surface area contributed by atoms with Crippen LogP contribution in [-0.2, 0) is 14.3 Å². The first-order valence-corrected chi connectivity index (χ1v) is 7.46. The second kappa shape index (κ2) is 6.64. The van der Waals surface area contributed by atoms with E-state index in [1.165, 1.54) is 4.90 Å². The van der Waals surface area contributed by atoms with Gasteiger partial charge >= 0.3 is 5.97 Å². The molecule has 2 rings (SSSR count). The number of nitrogen functional groups attached to an aromatic ring is 1. The summed E-state index contributed by atoms with van der Waals surface area (Å²) >= 11 is 0. The average molecular weight is 307 g/mol. The van der Waals surface area contributed by atoms with Gasteiger partial charge < -0.3 is 15.2 Å². The Bertz CT molecular complexity index is 576. The number of carbonyl (C=O) groups excluding carboxylic acids is 2. The fourth-order valence-electron chi connectivity index (χ4n) is 2.43. The van der Waals surface area contributed by atoms with Crippen LogP contribution in [0.2, 0.25) is 0 Å². The van der Waals surface area contributed by atoms with Crippen molar-refractivity contribution in [1.82, 2.24) is 4.98 Å². The normalized spacial score (nSPS) is 18.4. The molecule has 1 amide bonds. The number of carbonyl (C=O) groups is 2. The summed E-state index contributed by atoms with van der Waals surface area (Å²) in [4.78, 5) is 30.4. The average Bonchev–Trinajstić information content (AvgIpc) is 2.50. The fraction of sp³-hybridized carbons (Fsp3) is 0.533. The van der Waals surface area contributed by atoms with E-state index in [1.54, 1.807) is 19.1 Å². The van der Waals surface area contributed by atoms with Gasteiger partial charge in [-0.05, 0) is 31.9 Å². The molecule has 0 fully saturated rings. The highest BCUT2D eigenvalue weighted by atomic mass is 16.5. The molecule has 2 unspecified atom stereocenters. The number of pyridine rings is 1. The Balaban J connectivity index is 2.48. The lowest BCUT2D eigenvalue weighted by Crippen LogP contribution is -2.54. The number of ether oxygens (including phenoxy) is 2. The highest BCUT2D eigenvalue weighted by Gasteiger charge is 2.41. The Hall–Kier alpha value is -2.31. The number of amides is 1. The maximum atomic E-state index is 12.7. The van der Waals surface area contributed by atoms with E-state index in [0.717, 1.165) is 0 Å². The molecule has 0 aliphatic carbocycles. The molecule has 22 heavy (non-hydrogen) atoms. The van der Waals surface area contributed by atoms with Crippen molar-refractivity contribution in [2.45, 2.75) is 45.8 Å². The lowest BCUT2D eigenvalue weighted by molar-refractivity contribution is -0.146. The molecule has 0 saturated carbocycles. The van der Waals surface area contributed by atoms with Crippen molar-refractivity contribution < 1.29 is 19.1 Å². The monoisotopic (exact) mass is 307 g/mol. The lowest BCUT2D eigenvalue weighted by atomic mass is 10.1. The van der Waals surface area contributed by atoms with E-state index in [4.69, 9.17) is 15.2 Å². The molecule has 0 saturated heterocycles. The van der Waals surface area contributed by atoms with Crippen molar-refractivity contribution in [2.24, 2.45) is 0 Å². The van der Waals surface area contributed by atoms with Gasteiger partial charge in [0.05, 0.1) is 6.61 Å². The van der Waals surface area contributed by atoms with Crippen molar-refractivity contribution in [2.75, 3.05) is 17.2 Å². The van der Waals surface area contributed by atoms with E-state index >= 15 is 0 Å². The molecule has 7 heteroatoms. The van der Waals surface area contributed by atoms with Crippen LogP contribution >= 0.6 is 0 Å². The third kappa shape index (κ3) is 2.84. The Kier molecular flexibility index (Phi) is 4.85. The van der Waals surface area contributed by atoms with Gasteiger partial charge in [-0.2, -0.15) is 0 Å². The van der Waals surface area contributed by atoms with Gasteiger partial charge in [-0.3, -0.25) is 9.69 Å². The first-order valence-electron chi connectivity index (χ1n) is 7.46. The van der Waals surface area contributed by atoms with Crippen LogP contribution in [0.25, 0.3) is 0 Å². The summed E-state index contributed by atoms with van der Waals surface area (Å²) < 4.78 is 10.7. The summed E-state index contributed by atoms with van der Waals surface area (Å²) in [5, 5.41) is 0. The molecule has 0 spiro atoms. The van der Waals surface area contributed by atoms with Crippen molar-refractivity contribution in [1.29, 1.82) is 0 Å². The number of hydrogen-bond donors (Lipinski definition) is 1. The Morgan fingerprint density at radius 1 is 1.45 bits per heavy atom. The van der Waals surface area contributed by atoms with Gasteiger partial charge in [0.25, 0.3) is 5.91 Å². The number of nitrogens with zero attached hydrogens (tertiary/aromatic N) is 2. The van der Waals surface area contributed by atoms with Crippen LogP contribution in [0.3, 0.4) is 0 Å². The fourth-order valence-corrected chi connectivity index (χ4v) is 2.43. The van der Waals surface area contributed by atoms with Crippen LogP contribution in [0.1, 0.15) is 33.6 Å². The minimum atomic E-state index is -0.738. The molecule has 1 aliphatic rings. The predicted molar refractivity (Wildman–Crippen MR) is 81.6 cm³/mol. The maximum absolute atomic E-state index is 12.7. The van der Waals surface area contributed by atoms with Crippen LogP contribution in [0.5, 0.6) is 5.75 Å². The van der Waals surface area contributed by atoms with E-state index in [0.29, 0.717) is 18.6 Å². The zero-order valence-corrected chi connectivity index (χ0v) is 13.0. The predicted octanol–water partition coefficient (Wildman–Crippen LogP) is 1.51. The third-order valence-corrected chi connectivity index (χ3v) is 3.50. The SMILES string of the molecule is CCOC(=O)C(CC)N1C(=O)C(CC)Oc2ccc(N)nc21. The summed E-state index contributed by atoms with van der Waals surface area (Å²) in [6.07, 6.45) is 0.274. The smallest absolute Gasteiger partial charge is 0.329 e. The molecule has 2 N–H and O–H groups in total. The molecule has 1 aromatic heterocycles. The summed E-state index contributed by atoms with van der Waals surface area (Å²) in [5.74, 6) is 0.227. The van der Waals surface area contributed by atoms with Gasteiger partial charge in [0.2, 0.25) is 0 Å². The molecule has 120 valence electrons. The molecule has 2 heterocycles. The Morgan fingerprint density at radius 2 is 2.18 bits per heavy atom. The number of fused-ring (bicyclic) bond motifs is 1. The van der Waals surface area contributed by atoms with Crippen LogP contribution in [0, 0.1) is 0 Å². The summed E-state index contributed by atoms with van der Waals surface area (Å²) in [6.45, 7) is 5.64. The maximum Gasteiger partial charge on any atom is 0.329 e.